The topological polar surface area (TPSA) is 67.8 Å². The van der Waals surface area contributed by atoms with Crippen molar-refractivity contribution in [2.24, 2.45) is 0 Å². The van der Waals surface area contributed by atoms with E-state index >= 15 is 0 Å². The molecule has 1 aromatic carbocycles. The fraction of sp³-hybridized carbons (Fsp3) is 0.0588. The molecule has 0 unspecified atom stereocenters. The van der Waals surface area contributed by atoms with Crippen molar-refractivity contribution >= 4 is 11.7 Å². The Balaban J connectivity index is 1.77. The Bertz CT molecular complexity index is 785. The lowest BCUT2D eigenvalue weighted by Gasteiger charge is -2.06. The van der Waals surface area contributed by atoms with E-state index in [-0.39, 0.29) is 5.91 Å². The van der Waals surface area contributed by atoms with Gasteiger partial charge in [-0.25, -0.2) is 0 Å². The van der Waals surface area contributed by atoms with Gasteiger partial charge >= 0.3 is 0 Å². The number of hydrogen-bond acceptors (Lipinski definition) is 4. The maximum absolute atomic E-state index is 12.2. The number of carbonyl (C=O) groups excluding carboxylic acids is 1. The molecule has 0 aliphatic heterocycles. The molecular weight excluding hydrogens is 276 g/mol. The Hall–Kier alpha value is -3.08. The van der Waals surface area contributed by atoms with Crippen molar-refractivity contribution in [2.45, 2.75) is 6.92 Å². The minimum Gasteiger partial charge on any atom is -0.305 e. The molecule has 1 N–H and O–H groups in total. The normalized spacial score (nSPS) is 10.2. The van der Waals surface area contributed by atoms with E-state index in [9.17, 15) is 4.79 Å². The maximum Gasteiger partial charge on any atom is 0.258 e. The number of carbonyl (C=O) groups is 1. The Morgan fingerprint density at radius 3 is 2.50 bits per heavy atom. The average Bonchev–Trinajstić information content (AvgIpc) is 2.57. The molecule has 108 valence electrons. The summed E-state index contributed by atoms with van der Waals surface area (Å²) in [6, 6.07) is 15.1. The van der Waals surface area contributed by atoms with E-state index in [1.165, 1.54) is 6.20 Å². The molecule has 22 heavy (non-hydrogen) atoms. The molecule has 0 bridgehead atoms. The maximum atomic E-state index is 12.2. The molecule has 5 heteroatoms. The van der Waals surface area contributed by atoms with E-state index in [2.05, 4.69) is 20.5 Å². The van der Waals surface area contributed by atoms with Crippen molar-refractivity contribution in [3.05, 3.63) is 72.1 Å². The molecule has 3 rings (SSSR count). The zero-order chi connectivity index (χ0) is 15.4. The summed E-state index contributed by atoms with van der Waals surface area (Å²) in [7, 11) is 0. The van der Waals surface area contributed by atoms with Crippen LogP contribution in [0, 0.1) is 6.92 Å². The van der Waals surface area contributed by atoms with Crippen molar-refractivity contribution in [2.75, 3.05) is 5.32 Å². The van der Waals surface area contributed by atoms with E-state index in [0.717, 1.165) is 16.8 Å². The summed E-state index contributed by atoms with van der Waals surface area (Å²) in [5.41, 5.74) is 3.13. The zero-order valence-electron chi connectivity index (χ0n) is 12.0. The van der Waals surface area contributed by atoms with Crippen LogP contribution in [0.2, 0.25) is 0 Å². The minimum absolute atomic E-state index is 0.243. The third-order valence-electron chi connectivity index (χ3n) is 3.26. The van der Waals surface area contributed by atoms with Crippen LogP contribution in [0.4, 0.5) is 5.82 Å². The SMILES string of the molecule is Cc1ccncc1C(=O)Nc1ccc(-c2ccccc2)nn1. The highest BCUT2D eigenvalue weighted by Crippen LogP contribution is 2.16. The van der Waals surface area contributed by atoms with Crippen molar-refractivity contribution in [1.82, 2.24) is 15.2 Å². The van der Waals surface area contributed by atoms with Crippen LogP contribution in [0.1, 0.15) is 15.9 Å². The highest BCUT2D eigenvalue weighted by atomic mass is 16.1. The summed E-state index contributed by atoms with van der Waals surface area (Å²) < 4.78 is 0. The zero-order valence-corrected chi connectivity index (χ0v) is 12.0. The van der Waals surface area contributed by atoms with Gasteiger partial charge in [0.15, 0.2) is 5.82 Å². The fourth-order valence-electron chi connectivity index (χ4n) is 2.05. The molecular formula is C17H14N4O. The van der Waals surface area contributed by atoms with E-state index in [1.807, 2.05) is 43.3 Å². The Labute approximate surface area is 128 Å². The molecule has 0 saturated carbocycles. The predicted molar refractivity (Wildman–Crippen MR) is 84.4 cm³/mol. The Kier molecular flexibility index (Phi) is 3.87. The van der Waals surface area contributed by atoms with E-state index < -0.39 is 0 Å². The van der Waals surface area contributed by atoms with Gasteiger partial charge in [0.25, 0.3) is 5.91 Å². The number of amides is 1. The van der Waals surface area contributed by atoms with E-state index in [0.29, 0.717) is 11.4 Å². The minimum atomic E-state index is -0.243. The molecule has 0 radical (unpaired) electrons. The number of nitrogens with one attached hydrogen (secondary N) is 1. The van der Waals surface area contributed by atoms with Gasteiger partial charge in [0, 0.05) is 18.0 Å². The molecule has 2 aromatic heterocycles. The van der Waals surface area contributed by atoms with Crippen LogP contribution in [0.3, 0.4) is 0 Å². The van der Waals surface area contributed by atoms with Crippen molar-refractivity contribution < 1.29 is 4.79 Å². The first-order valence-electron chi connectivity index (χ1n) is 6.85. The van der Waals surface area contributed by atoms with Crippen LogP contribution in [-0.4, -0.2) is 21.1 Å². The number of rotatable bonds is 3. The van der Waals surface area contributed by atoms with Crippen molar-refractivity contribution in [1.29, 1.82) is 0 Å². The lowest BCUT2D eigenvalue weighted by molar-refractivity contribution is 0.102. The molecule has 1 amide bonds. The van der Waals surface area contributed by atoms with E-state index in [4.69, 9.17) is 0 Å². The number of hydrogen-bond donors (Lipinski definition) is 1. The van der Waals surface area contributed by atoms with Gasteiger partial charge in [-0.2, -0.15) is 0 Å². The van der Waals surface area contributed by atoms with Crippen LogP contribution < -0.4 is 5.32 Å². The lowest BCUT2D eigenvalue weighted by Crippen LogP contribution is -2.15. The van der Waals surface area contributed by atoms with Crippen molar-refractivity contribution in [3.8, 4) is 11.3 Å². The number of aryl methyl sites for hydroxylation is 1. The summed E-state index contributed by atoms with van der Waals surface area (Å²) in [5, 5.41) is 10.9. The summed E-state index contributed by atoms with van der Waals surface area (Å²) in [6.45, 7) is 1.86. The second-order valence-electron chi connectivity index (χ2n) is 4.81. The summed E-state index contributed by atoms with van der Waals surface area (Å²) in [4.78, 5) is 16.1. The smallest absolute Gasteiger partial charge is 0.258 e. The Morgan fingerprint density at radius 1 is 1.00 bits per heavy atom. The number of anilines is 1. The molecule has 0 aliphatic carbocycles. The van der Waals surface area contributed by atoms with Gasteiger partial charge in [0.1, 0.15) is 0 Å². The number of nitrogens with zero attached hydrogens (tertiary/aromatic N) is 3. The molecule has 0 spiro atoms. The first kappa shape index (κ1) is 13.9. The van der Waals surface area contributed by atoms with Gasteiger partial charge in [0.05, 0.1) is 11.3 Å². The molecule has 0 atom stereocenters. The predicted octanol–water partition coefficient (Wildman–Crippen LogP) is 3.10. The molecule has 3 aromatic rings. The van der Waals surface area contributed by atoms with Gasteiger partial charge < -0.3 is 5.32 Å². The number of benzene rings is 1. The standard InChI is InChI=1S/C17H14N4O/c1-12-9-10-18-11-14(12)17(22)19-16-8-7-15(20-21-16)13-5-3-2-4-6-13/h2-11H,1H3,(H,19,21,22). The van der Waals surface area contributed by atoms with Crippen LogP contribution in [0.15, 0.2) is 60.9 Å². The quantitative estimate of drug-likeness (QED) is 0.804. The van der Waals surface area contributed by atoms with Crippen molar-refractivity contribution in [3.63, 3.8) is 0 Å². The van der Waals surface area contributed by atoms with Gasteiger partial charge in [-0.05, 0) is 30.7 Å². The lowest BCUT2D eigenvalue weighted by atomic mass is 10.1. The molecule has 0 fully saturated rings. The highest BCUT2D eigenvalue weighted by molar-refractivity contribution is 6.04. The molecule has 0 saturated heterocycles. The van der Waals surface area contributed by atoms with Crippen LogP contribution in [0.25, 0.3) is 11.3 Å². The largest absolute Gasteiger partial charge is 0.305 e. The third kappa shape index (κ3) is 2.98. The summed E-state index contributed by atoms with van der Waals surface area (Å²) in [5.74, 6) is 0.167. The summed E-state index contributed by atoms with van der Waals surface area (Å²) in [6.07, 6.45) is 3.19. The van der Waals surface area contributed by atoms with Crippen LogP contribution >= 0.6 is 0 Å². The second kappa shape index (κ2) is 6.13. The van der Waals surface area contributed by atoms with Crippen LogP contribution in [0.5, 0.6) is 0 Å². The van der Waals surface area contributed by atoms with Gasteiger partial charge in [-0.3, -0.25) is 9.78 Å². The first-order chi connectivity index (χ1) is 10.7. The average molecular weight is 290 g/mol. The van der Waals surface area contributed by atoms with Crippen LogP contribution in [-0.2, 0) is 0 Å². The molecule has 5 nitrogen and oxygen atoms in total. The third-order valence-corrected chi connectivity index (χ3v) is 3.26. The van der Waals surface area contributed by atoms with Gasteiger partial charge in [-0.1, -0.05) is 30.3 Å². The molecule has 2 heterocycles. The molecule has 0 aliphatic rings. The number of pyridine rings is 1. The Morgan fingerprint density at radius 2 is 1.82 bits per heavy atom. The van der Waals surface area contributed by atoms with E-state index in [1.54, 1.807) is 18.3 Å². The summed E-state index contributed by atoms with van der Waals surface area (Å²) >= 11 is 0. The van der Waals surface area contributed by atoms with Gasteiger partial charge in [0.2, 0.25) is 0 Å². The monoisotopic (exact) mass is 290 g/mol. The fourth-order valence-corrected chi connectivity index (χ4v) is 2.05. The first-order valence-corrected chi connectivity index (χ1v) is 6.85. The highest BCUT2D eigenvalue weighted by Gasteiger charge is 2.10. The number of aromatic nitrogens is 3. The second-order valence-corrected chi connectivity index (χ2v) is 4.81. The van der Waals surface area contributed by atoms with Gasteiger partial charge in [-0.15, -0.1) is 10.2 Å².